The fraction of sp³-hybridized carbons (Fsp3) is 0.444. The number of hydrogen-bond acceptors (Lipinski definition) is 5. The van der Waals surface area contributed by atoms with Crippen LogP contribution in [0.3, 0.4) is 0 Å². The van der Waals surface area contributed by atoms with E-state index in [2.05, 4.69) is 5.10 Å². The molecule has 2 heterocycles. The molecule has 8 nitrogen and oxygen atoms in total. The summed E-state index contributed by atoms with van der Waals surface area (Å²) in [6, 6.07) is 3.44. The van der Waals surface area contributed by atoms with Crippen molar-refractivity contribution in [3.05, 3.63) is 57.4 Å². The molecule has 1 amide bonds. The van der Waals surface area contributed by atoms with Gasteiger partial charge in [-0.25, -0.2) is 8.78 Å². The molecule has 1 atom stereocenters. The van der Waals surface area contributed by atoms with Crippen LogP contribution in [0.4, 0.5) is 14.5 Å². The molecule has 150 valence electrons. The molecule has 0 bridgehead atoms. The first-order chi connectivity index (χ1) is 13.3. The number of amides is 1. The minimum absolute atomic E-state index is 0.124. The van der Waals surface area contributed by atoms with Crippen molar-refractivity contribution >= 4 is 11.6 Å². The molecule has 2 aromatic rings. The number of aromatic nitrogens is 2. The Bertz CT molecular complexity index is 893. The van der Waals surface area contributed by atoms with Crippen LogP contribution >= 0.6 is 0 Å². The fourth-order valence-corrected chi connectivity index (χ4v) is 3.39. The standard InChI is InChI=1S/C18H21F2N5O3/c1-12-16(25(27)28)10-21-24(12)13(2)18(26)23-8-6-22(7-9-23)11-14-4-3-5-15(19)17(14)20/h3-5,10,13H,6-9,11H2,1-2H3. The number of piperazine rings is 1. The average molecular weight is 393 g/mol. The lowest BCUT2D eigenvalue weighted by atomic mass is 10.1. The lowest BCUT2D eigenvalue weighted by Crippen LogP contribution is -2.50. The van der Waals surface area contributed by atoms with Crippen molar-refractivity contribution < 1.29 is 18.5 Å². The van der Waals surface area contributed by atoms with Gasteiger partial charge in [0, 0.05) is 38.3 Å². The molecular weight excluding hydrogens is 372 g/mol. The highest BCUT2D eigenvalue weighted by molar-refractivity contribution is 5.80. The Balaban J connectivity index is 1.60. The number of hydrogen-bond donors (Lipinski definition) is 0. The van der Waals surface area contributed by atoms with E-state index in [1.54, 1.807) is 24.8 Å². The maximum atomic E-state index is 13.8. The Morgan fingerprint density at radius 3 is 2.57 bits per heavy atom. The molecule has 1 fully saturated rings. The van der Waals surface area contributed by atoms with Gasteiger partial charge in [0.25, 0.3) is 0 Å². The van der Waals surface area contributed by atoms with Gasteiger partial charge in [-0.1, -0.05) is 12.1 Å². The van der Waals surface area contributed by atoms with E-state index in [9.17, 15) is 23.7 Å². The first-order valence-corrected chi connectivity index (χ1v) is 8.92. The van der Waals surface area contributed by atoms with Gasteiger partial charge >= 0.3 is 5.69 Å². The van der Waals surface area contributed by atoms with Gasteiger partial charge < -0.3 is 4.90 Å². The van der Waals surface area contributed by atoms with Crippen LogP contribution in [0, 0.1) is 28.7 Å². The zero-order valence-corrected chi connectivity index (χ0v) is 15.6. The summed E-state index contributed by atoms with van der Waals surface area (Å²) in [7, 11) is 0. The monoisotopic (exact) mass is 393 g/mol. The minimum atomic E-state index is -0.871. The predicted octanol–water partition coefficient (Wildman–Crippen LogP) is 2.28. The summed E-state index contributed by atoms with van der Waals surface area (Å²) in [5.41, 5.74) is 0.486. The van der Waals surface area contributed by atoms with E-state index in [0.717, 1.165) is 12.3 Å². The summed E-state index contributed by atoms with van der Waals surface area (Å²) in [6.07, 6.45) is 1.14. The zero-order chi connectivity index (χ0) is 20.4. The highest BCUT2D eigenvalue weighted by Crippen LogP contribution is 2.22. The number of nitro groups is 1. The molecule has 1 aliphatic rings. The average Bonchev–Trinajstić information content (AvgIpc) is 3.06. The first kappa shape index (κ1) is 19.9. The number of carbonyl (C=O) groups excluding carboxylic acids is 1. The van der Waals surface area contributed by atoms with Crippen LogP contribution in [0.2, 0.25) is 0 Å². The van der Waals surface area contributed by atoms with Crippen molar-refractivity contribution in [1.82, 2.24) is 19.6 Å². The zero-order valence-electron chi connectivity index (χ0n) is 15.6. The number of halogens is 2. The second kappa shape index (κ2) is 8.01. The smallest absolute Gasteiger partial charge is 0.309 e. The van der Waals surface area contributed by atoms with E-state index in [1.807, 2.05) is 4.90 Å². The summed E-state index contributed by atoms with van der Waals surface area (Å²) in [4.78, 5) is 26.8. The molecule has 1 aliphatic heterocycles. The lowest BCUT2D eigenvalue weighted by molar-refractivity contribution is -0.385. The van der Waals surface area contributed by atoms with Gasteiger partial charge in [0.05, 0.1) is 4.92 Å². The third-order valence-electron chi connectivity index (χ3n) is 5.05. The SMILES string of the molecule is Cc1c([N+](=O)[O-])cnn1C(C)C(=O)N1CCN(Cc2cccc(F)c2F)CC1. The van der Waals surface area contributed by atoms with Crippen molar-refractivity contribution in [1.29, 1.82) is 0 Å². The van der Waals surface area contributed by atoms with Gasteiger partial charge in [-0.3, -0.25) is 24.5 Å². The molecule has 28 heavy (non-hydrogen) atoms. The van der Waals surface area contributed by atoms with Crippen LogP contribution in [0.5, 0.6) is 0 Å². The molecule has 0 N–H and O–H groups in total. The number of benzene rings is 1. The van der Waals surface area contributed by atoms with Gasteiger partial charge in [0.2, 0.25) is 5.91 Å². The van der Waals surface area contributed by atoms with Crippen LogP contribution in [0.15, 0.2) is 24.4 Å². The number of rotatable bonds is 5. The predicted molar refractivity (Wildman–Crippen MR) is 96.5 cm³/mol. The molecule has 0 saturated carbocycles. The quantitative estimate of drug-likeness (QED) is 0.575. The van der Waals surface area contributed by atoms with Crippen molar-refractivity contribution in [2.45, 2.75) is 26.4 Å². The van der Waals surface area contributed by atoms with Crippen LogP contribution in [0.25, 0.3) is 0 Å². The molecule has 1 aromatic carbocycles. The maximum absolute atomic E-state index is 13.8. The Labute approximate surface area is 160 Å². The second-order valence-electron chi connectivity index (χ2n) is 6.81. The second-order valence-corrected chi connectivity index (χ2v) is 6.81. The summed E-state index contributed by atoms with van der Waals surface area (Å²) in [6.45, 7) is 5.39. The molecule has 1 aromatic heterocycles. The molecule has 0 aliphatic carbocycles. The first-order valence-electron chi connectivity index (χ1n) is 8.92. The Kier molecular flexibility index (Phi) is 5.68. The Hall–Kier alpha value is -2.88. The molecular formula is C18H21F2N5O3. The number of nitrogens with zero attached hydrogens (tertiary/aromatic N) is 5. The van der Waals surface area contributed by atoms with Crippen molar-refractivity contribution in [2.24, 2.45) is 0 Å². The summed E-state index contributed by atoms with van der Waals surface area (Å²) in [5, 5.41) is 14.9. The van der Waals surface area contributed by atoms with Gasteiger partial charge in [-0.15, -0.1) is 0 Å². The van der Waals surface area contributed by atoms with Crippen LogP contribution in [-0.4, -0.2) is 56.6 Å². The van der Waals surface area contributed by atoms with Gasteiger partial charge in [-0.2, -0.15) is 5.10 Å². The van der Waals surface area contributed by atoms with Gasteiger partial charge in [-0.05, 0) is 19.9 Å². The highest BCUT2D eigenvalue weighted by Gasteiger charge is 2.29. The van der Waals surface area contributed by atoms with Crippen molar-refractivity contribution in [3.8, 4) is 0 Å². The molecule has 1 saturated heterocycles. The lowest BCUT2D eigenvalue weighted by Gasteiger charge is -2.36. The third-order valence-corrected chi connectivity index (χ3v) is 5.05. The van der Waals surface area contributed by atoms with E-state index < -0.39 is 22.6 Å². The van der Waals surface area contributed by atoms with E-state index >= 15 is 0 Å². The normalized spacial score (nSPS) is 16.2. The Morgan fingerprint density at radius 2 is 1.96 bits per heavy atom. The van der Waals surface area contributed by atoms with E-state index in [0.29, 0.717) is 31.9 Å². The topological polar surface area (TPSA) is 84.5 Å². The fourth-order valence-electron chi connectivity index (χ4n) is 3.39. The molecule has 1 unspecified atom stereocenters. The van der Waals surface area contributed by atoms with E-state index in [4.69, 9.17) is 0 Å². The van der Waals surface area contributed by atoms with Gasteiger partial charge in [0.1, 0.15) is 17.9 Å². The summed E-state index contributed by atoms with van der Waals surface area (Å²) >= 11 is 0. The third kappa shape index (κ3) is 3.86. The maximum Gasteiger partial charge on any atom is 0.309 e. The molecule has 10 heteroatoms. The number of carbonyl (C=O) groups is 1. The highest BCUT2D eigenvalue weighted by atomic mass is 19.2. The van der Waals surface area contributed by atoms with Gasteiger partial charge in [0.15, 0.2) is 11.6 Å². The Morgan fingerprint density at radius 1 is 1.29 bits per heavy atom. The van der Waals surface area contributed by atoms with Crippen LogP contribution in [0.1, 0.15) is 24.2 Å². The summed E-state index contributed by atoms with van der Waals surface area (Å²) < 4.78 is 28.5. The van der Waals surface area contributed by atoms with Crippen LogP contribution < -0.4 is 0 Å². The van der Waals surface area contributed by atoms with Crippen LogP contribution in [-0.2, 0) is 11.3 Å². The van der Waals surface area contributed by atoms with Crippen molar-refractivity contribution in [2.75, 3.05) is 26.2 Å². The molecule has 3 rings (SSSR count). The van der Waals surface area contributed by atoms with E-state index in [-0.39, 0.29) is 23.7 Å². The van der Waals surface area contributed by atoms with Crippen molar-refractivity contribution in [3.63, 3.8) is 0 Å². The van der Waals surface area contributed by atoms with E-state index in [1.165, 1.54) is 10.7 Å². The largest absolute Gasteiger partial charge is 0.338 e. The summed E-state index contributed by atoms with van der Waals surface area (Å²) in [5.74, 6) is -1.90. The molecule has 0 spiro atoms. The minimum Gasteiger partial charge on any atom is -0.338 e. The molecule has 0 radical (unpaired) electrons.